The lowest BCUT2D eigenvalue weighted by Crippen LogP contribution is -2.31. The summed E-state index contributed by atoms with van der Waals surface area (Å²) in [4.78, 5) is 12.4. The number of halogens is 1. The van der Waals surface area contributed by atoms with Crippen LogP contribution in [0.15, 0.2) is 48.5 Å². The van der Waals surface area contributed by atoms with Crippen molar-refractivity contribution in [2.24, 2.45) is 5.92 Å². The first-order chi connectivity index (χ1) is 10.5. The van der Waals surface area contributed by atoms with Crippen LogP contribution in [0.25, 0.3) is 0 Å². The molecule has 0 aliphatic carbocycles. The molecule has 116 valence electrons. The molecule has 1 N–H and O–H groups in total. The fourth-order valence-electron chi connectivity index (χ4n) is 2.30. The van der Waals surface area contributed by atoms with E-state index in [4.69, 9.17) is 16.3 Å². The summed E-state index contributed by atoms with van der Waals surface area (Å²) in [6.45, 7) is 4.15. The Morgan fingerprint density at radius 3 is 2.36 bits per heavy atom. The van der Waals surface area contributed by atoms with Crippen LogP contribution in [0.2, 0.25) is 5.02 Å². The number of rotatable bonds is 5. The van der Waals surface area contributed by atoms with Crippen molar-refractivity contribution in [2.75, 3.05) is 7.11 Å². The van der Waals surface area contributed by atoms with Crippen molar-refractivity contribution >= 4 is 17.5 Å². The van der Waals surface area contributed by atoms with Crippen LogP contribution in [-0.4, -0.2) is 13.0 Å². The van der Waals surface area contributed by atoms with Crippen LogP contribution in [0.1, 0.15) is 35.8 Å². The molecule has 0 heterocycles. The van der Waals surface area contributed by atoms with E-state index in [2.05, 4.69) is 19.2 Å². The third kappa shape index (κ3) is 4.01. The van der Waals surface area contributed by atoms with Gasteiger partial charge < -0.3 is 10.1 Å². The molecule has 0 fully saturated rings. The maximum absolute atomic E-state index is 12.4. The first kappa shape index (κ1) is 16.4. The molecule has 0 saturated heterocycles. The van der Waals surface area contributed by atoms with Gasteiger partial charge in [0.1, 0.15) is 5.75 Å². The van der Waals surface area contributed by atoms with Crippen molar-refractivity contribution in [3.8, 4) is 5.75 Å². The average molecular weight is 318 g/mol. The van der Waals surface area contributed by atoms with E-state index in [1.165, 1.54) is 0 Å². The third-order valence-electron chi connectivity index (χ3n) is 3.51. The molecule has 2 rings (SSSR count). The number of nitrogens with one attached hydrogen (secondary N) is 1. The number of benzene rings is 2. The van der Waals surface area contributed by atoms with Crippen molar-refractivity contribution in [2.45, 2.75) is 19.9 Å². The van der Waals surface area contributed by atoms with E-state index >= 15 is 0 Å². The average Bonchev–Trinajstić information content (AvgIpc) is 2.52. The Hall–Kier alpha value is -2.00. The maximum Gasteiger partial charge on any atom is 0.251 e. The standard InChI is InChI=1S/C18H20ClNO2/c1-12(2)17(13-7-9-16(22-3)10-8-13)20-18(21)14-5-4-6-15(19)11-14/h4-12,17H,1-3H3,(H,20,21)/t17-/m1/s1. The smallest absolute Gasteiger partial charge is 0.251 e. The molecule has 0 aliphatic heterocycles. The second-order valence-corrected chi connectivity index (χ2v) is 5.92. The number of methoxy groups -OCH3 is 1. The fraction of sp³-hybridized carbons (Fsp3) is 0.278. The molecule has 1 amide bonds. The summed E-state index contributed by atoms with van der Waals surface area (Å²) >= 11 is 5.94. The van der Waals surface area contributed by atoms with Crippen molar-refractivity contribution in [3.63, 3.8) is 0 Å². The van der Waals surface area contributed by atoms with Crippen molar-refractivity contribution < 1.29 is 9.53 Å². The highest BCUT2D eigenvalue weighted by Crippen LogP contribution is 2.24. The summed E-state index contributed by atoms with van der Waals surface area (Å²) in [7, 11) is 1.63. The Labute approximate surface area is 136 Å². The Kier molecular flexibility index (Phi) is 5.45. The zero-order valence-corrected chi connectivity index (χ0v) is 13.7. The van der Waals surface area contributed by atoms with Gasteiger partial charge in [0.25, 0.3) is 5.91 Å². The number of hydrogen-bond acceptors (Lipinski definition) is 2. The summed E-state index contributed by atoms with van der Waals surface area (Å²) in [5, 5.41) is 3.63. The predicted octanol–water partition coefficient (Wildman–Crippen LogP) is 4.48. The predicted molar refractivity (Wildman–Crippen MR) is 89.5 cm³/mol. The van der Waals surface area contributed by atoms with E-state index in [9.17, 15) is 4.79 Å². The summed E-state index contributed by atoms with van der Waals surface area (Å²) in [6.07, 6.45) is 0. The van der Waals surface area contributed by atoms with Gasteiger partial charge in [-0.1, -0.05) is 43.6 Å². The van der Waals surface area contributed by atoms with E-state index in [0.717, 1.165) is 11.3 Å². The second-order valence-electron chi connectivity index (χ2n) is 5.48. The minimum absolute atomic E-state index is 0.0719. The summed E-state index contributed by atoms with van der Waals surface area (Å²) < 4.78 is 5.17. The highest BCUT2D eigenvalue weighted by molar-refractivity contribution is 6.30. The van der Waals surface area contributed by atoms with Gasteiger partial charge in [-0.2, -0.15) is 0 Å². The van der Waals surface area contributed by atoms with Gasteiger partial charge in [-0.25, -0.2) is 0 Å². The van der Waals surface area contributed by atoms with E-state index in [0.29, 0.717) is 10.6 Å². The number of amides is 1. The van der Waals surface area contributed by atoms with Crippen molar-refractivity contribution in [3.05, 3.63) is 64.7 Å². The van der Waals surface area contributed by atoms with Gasteiger partial charge >= 0.3 is 0 Å². The van der Waals surface area contributed by atoms with E-state index in [-0.39, 0.29) is 17.9 Å². The highest BCUT2D eigenvalue weighted by Gasteiger charge is 2.19. The molecule has 1 atom stereocenters. The lowest BCUT2D eigenvalue weighted by molar-refractivity contribution is 0.0925. The molecule has 0 radical (unpaired) electrons. The van der Waals surface area contributed by atoms with Gasteiger partial charge in [0, 0.05) is 10.6 Å². The van der Waals surface area contributed by atoms with Crippen LogP contribution in [0.5, 0.6) is 5.75 Å². The molecule has 2 aromatic carbocycles. The van der Waals surface area contributed by atoms with Gasteiger partial charge in [0.05, 0.1) is 13.2 Å². The van der Waals surface area contributed by atoms with E-state index in [1.54, 1.807) is 31.4 Å². The van der Waals surface area contributed by atoms with Gasteiger partial charge in [-0.05, 0) is 41.8 Å². The normalized spacial score (nSPS) is 12.0. The quantitative estimate of drug-likeness (QED) is 0.883. The Morgan fingerprint density at radius 2 is 1.82 bits per heavy atom. The molecule has 2 aromatic rings. The molecular formula is C18H20ClNO2. The fourth-order valence-corrected chi connectivity index (χ4v) is 2.49. The lowest BCUT2D eigenvalue weighted by Gasteiger charge is -2.23. The van der Waals surface area contributed by atoms with Crippen LogP contribution >= 0.6 is 11.6 Å². The van der Waals surface area contributed by atoms with Crippen LogP contribution in [0.4, 0.5) is 0 Å². The molecule has 22 heavy (non-hydrogen) atoms. The molecular weight excluding hydrogens is 298 g/mol. The minimum atomic E-state index is -0.128. The molecule has 0 aromatic heterocycles. The van der Waals surface area contributed by atoms with Crippen molar-refractivity contribution in [1.82, 2.24) is 5.32 Å². The van der Waals surface area contributed by atoms with E-state index in [1.807, 2.05) is 24.3 Å². The lowest BCUT2D eigenvalue weighted by atomic mass is 9.95. The first-order valence-electron chi connectivity index (χ1n) is 7.21. The Bertz CT molecular complexity index is 638. The largest absolute Gasteiger partial charge is 0.497 e. The maximum atomic E-state index is 12.4. The highest BCUT2D eigenvalue weighted by atomic mass is 35.5. The Morgan fingerprint density at radius 1 is 1.14 bits per heavy atom. The van der Waals surface area contributed by atoms with Gasteiger partial charge in [0.15, 0.2) is 0 Å². The molecule has 3 nitrogen and oxygen atoms in total. The molecule has 0 aliphatic rings. The van der Waals surface area contributed by atoms with Crippen LogP contribution in [0, 0.1) is 5.92 Å². The molecule has 0 unspecified atom stereocenters. The topological polar surface area (TPSA) is 38.3 Å². The van der Waals surface area contributed by atoms with Crippen LogP contribution in [-0.2, 0) is 0 Å². The summed E-state index contributed by atoms with van der Waals surface area (Å²) in [5.74, 6) is 0.931. The zero-order chi connectivity index (χ0) is 16.1. The zero-order valence-electron chi connectivity index (χ0n) is 13.0. The third-order valence-corrected chi connectivity index (χ3v) is 3.75. The number of ether oxygens (including phenoxy) is 1. The van der Waals surface area contributed by atoms with Crippen LogP contribution in [0.3, 0.4) is 0 Å². The molecule has 4 heteroatoms. The van der Waals surface area contributed by atoms with Crippen molar-refractivity contribution in [1.29, 1.82) is 0 Å². The molecule has 0 spiro atoms. The minimum Gasteiger partial charge on any atom is -0.497 e. The Balaban J connectivity index is 2.19. The van der Waals surface area contributed by atoms with E-state index < -0.39 is 0 Å². The number of hydrogen-bond donors (Lipinski definition) is 1. The molecule has 0 saturated carbocycles. The number of carbonyl (C=O) groups excluding carboxylic acids is 1. The number of carbonyl (C=O) groups is 1. The SMILES string of the molecule is COc1ccc([C@H](NC(=O)c2cccc(Cl)c2)C(C)C)cc1. The van der Waals surface area contributed by atoms with Crippen LogP contribution < -0.4 is 10.1 Å². The van der Waals surface area contributed by atoms with Gasteiger partial charge in [-0.3, -0.25) is 4.79 Å². The first-order valence-corrected chi connectivity index (χ1v) is 7.59. The van der Waals surface area contributed by atoms with Gasteiger partial charge in [-0.15, -0.1) is 0 Å². The summed E-state index contributed by atoms with van der Waals surface area (Å²) in [6, 6.07) is 14.6. The second kappa shape index (κ2) is 7.32. The monoisotopic (exact) mass is 317 g/mol. The molecule has 0 bridgehead atoms. The van der Waals surface area contributed by atoms with Gasteiger partial charge in [0.2, 0.25) is 0 Å². The summed E-state index contributed by atoms with van der Waals surface area (Å²) in [5.41, 5.74) is 1.61.